The fourth-order valence-electron chi connectivity index (χ4n) is 3.97. The predicted octanol–water partition coefficient (Wildman–Crippen LogP) is 4.67. The van der Waals surface area contributed by atoms with E-state index < -0.39 is 0 Å². The number of unbranched alkanes of at least 4 members (excludes halogenated alkanes) is 7. The molecule has 180 valence electrons. The maximum Gasteiger partial charge on any atom is 0.149 e. The molecular weight excluding hydrogens is 372 g/mol. The summed E-state index contributed by atoms with van der Waals surface area (Å²) in [6, 6.07) is 0.409. The molecule has 0 radical (unpaired) electrons. The Morgan fingerprint density at radius 1 is 0.733 bits per heavy atom. The zero-order chi connectivity index (χ0) is 22.3. The molecule has 0 saturated heterocycles. The highest BCUT2D eigenvalue weighted by Crippen LogP contribution is 2.11. The first-order chi connectivity index (χ1) is 14.7. The largest absolute Gasteiger partial charge is 0.330 e. The van der Waals surface area contributed by atoms with Crippen molar-refractivity contribution < 1.29 is 4.79 Å². The minimum absolute atomic E-state index is 0.251. The summed E-state index contributed by atoms with van der Waals surface area (Å²) >= 11 is 0. The molecule has 5 nitrogen and oxygen atoms in total. The molecule has 0 aliphatic rings. The fraction of sp³-hybridized carbons (Fsp3) is 0.960. The van der Waals surface area contributed by atoms with Gasteiger partial charge in [-0.3, -0.25) is 4.79 Å². The molecule has 0 aromatic carbocycles. The maximum atomic E-state index is 12.2. The summed E-state index contributed by atoms with van der Waals surface area (Å²) in [6.07, 6.45) is 18.3. The van der Waals surface area contributed by atoms with E-state index in [1.165, 1.54) is 57.8 Å². The standard InChI is InChI=1S/C25H54N4O/c1-3-15-23(16-4-2)29-22-13-11-17-24(27)25(30)18-10-8-6-5-7-9-12-20-28-21-14-19-26/h23-24,28-29H,3-22,26-27H2,1-2H3/t24-/m1/s1. The monoisotopic (exact) mass is 426 g/mol. The molecule has 0 rings (SSSR count). The van der Waals surface area contributed by atoms with Crippen molar-refractivity contribution in [3.05, 3.63) is 0 Å². The first kappa shape index (κ1) is 29.5. The first-order valence-corrected chi connectivity index (χ1v) is 13.1. The number of ketones is 1. The van der Waals surface area contributed by atoms with Gasteiger partial charge in [0.2, 0.25) is 0 Å². The lowest BCUT2D eigenvalue weighted by Crippen LogP contribution is -2.32. The van der Waals surface area contributed by atoms with Crippen molar-refractivity contribution in [1.82, 2.24) is 10.6 Å². The van der Waals surface area contributed by atoms with Crippen LogP contribution in [0.4, 0.5) is 0 Å². The minimum Gasteiger partial charge on any atom is -0.330 e. The molecule has 0 aromatic rings. The van der Waals surface area contributed by atoms with Gasteiger partial charge in [-0.25, -0.2) is 0 Å². The summed E-state index contributed by atoms with van der Waals surface area (Å²) in [7, 11) is 0. The van der Waals surface area contributed by atoms with Gasteiger partial charge in [-0.2, -0.15) is 0 Å². The molecule has 0 bridgehead atoms. The number of rotatable bonds is 24. The van der Waals surface area contributed by atoms with E-state index in [4.69, 9.17) is 11.5 Å². The molecule has 0 saturated carbocycles. The van der Waals surface area contributed by atoms with Crippen LogP contribution in [0.25, 0.3) is 0 Å². The molecule has 30 heavy (non-hydrogen) atoms. The maximum absolute atomic E-state index is 12.2. The summed E-state index contributed by atoms with van der Waals surface area (Å²) in [4.78, 5) is 12.2. The Balaban J connectivity index is 3.47. The van der Waals surface area contributed by atoms with Gasteiger partial charge >= 0.3 is 0 Å². The molecular formula is C25H54N4O. The van der Waals surface area contributed by atoms with E-state index in [-0.39, 0.29) is 11.8 Å². The predicted molar refractivity (Wildman–Crippen MR) is 132 cm³/mol. The summed E-state index contributed by atoms with van der Waals surface area (Å²) in [6.45, 7) is 8.48. The van der Waals surface area contributed by atoms with E-state index in [1.54, 1.807) is 0 Å². The minimum atomic E-state index is -0.251. The van der Waals surface area contributed by atoms with Crippen LogP contribution in [0.3, 0.4) is 0 Å². The molecule has 0 unspecified atom stereocenters. The van der Waals surface area contributed by atoms with Crippen LogP contribution < -0.4 is 22.1 Å². The summed E-state index contributed by atoms with van der Waals surface area (Å²) in [5.41, 5.74) is 11.6. The van der Waals surface area contributed by atoms with Crippen LogP contribution in [-0.4, -0.2) is 44.0 Å². The highest BCUT2D eigenvalue weighted by Gasteiger charge is 2.12. The van der Waals surface area contributed by atoms with E-state index >= 15 is 0 Å². The van der Waals surface area contributed by atoms with Crippen molar-refractivity contribution in [2.75, 3.05) is 26.2 Å². The van der Waals surface area contributed by atoms with Crippen molar-refractivity contribution in [1.29, 1.82) is 0 Å². The number of hydrogen-bond acceptors (Lipinski definition) is 5. The Labute approximate surface area is 187 Å². The van der Waals surface area contributed by atoms with Crippen LogP contribution in [0.5, 0.6) is 0 Å². The molecule has 0 aromatic heterocycles. The summed E-state index contributed by atoms with van der Waals surface area (Å²) in [5.74, 6) is 0.265. The zero-order valence-corrected chi connectivity index (χ0v) is 20.4. The number of carbonyl (C=O) groups is 1. The molecule has 5 heteroatoms. The fourth-order valence-corrected chi connectivity index (χ4v) is 3.97. The molecule has 0 amide bonds. The van der Waals surface area contributed by atoms with Crippen molar-refractivity contribution in [3.8, 4) is 0 Å². The van der Waals surface area contributed by atoms with E-state index in [1.807, 2.05) is 0 Å². The molecule has 0 aliphatic heterocycles. The third kappa shape index (κ3) is 19.5. The highest BCUT2D eigenvalue weighted by molar-refractivity contribution is 5.83. The second-order valence-electron chi connectivity index (χ2n) is 8.91. The van der Waals surface area contributed by atoms with Gasteiger partial charge in [0.15, 0.2) is 0 Å². The lowest BCUT2D eigenvalue weighted by molar-refractivity contribution is -0.120. The van der Waals surface area contributed by atoms with Gasteiger partial charge in [-0.05, 0) is 71.1 Å². The number of hydrogen-bond donors (Lipinski definition) is 4. The van der Waals surface area contributed by atoms with Crippen LogP contribution in [-0.2, 0) is 4.79 Å². The van der Waals surface area contributed by atoms with Crippen LogP contribution in [0, 0.1) is 0 Å². The molecule has 0 spiro atoms. The first-order valence-electron chi connectivity index (χ1n) is 13.1. The third-order valence-corrected chi connectivity index (χ3v) is 5.90. The van der Waals surface area contributed by atoms with Crippen molar-refractivity contribution in [2.45, 2.75) is 129 Å². The van der Waals surface area contributed by atoms with Crippen molar-refractivity contribution in [2.24, 2.45) is 11.5 Å². The third-order valence-electron chi connectivity index (χ3n) is 5.90. The molecule has 0 fully saturated rings. The van der Waals surface area contributed by atoms with Gasteiger partial charge in [0.05, 0.1) is 6.04 Å². The normalized spacial score (nSPS) is 12.6. The quantitative estimate of drug-likeness (QED) is 0.168. The lowest BCUT2D eigenvalue weighted by Gasteiger charge is -2.17. The van der Waals surface area contributed by atoms with Crippen LogP contribution >= 0.6 is 0 Å². The van der Waals surface area contributed by atoms with E-state index in [0.29, 0.717) is 12.5 Å². The molecule has 1 atom stereocenters. The SMILES string of the molecule is CCCC(CCC)NCCCC[C@@H](N)C(=O)CCCCCCCCCNCCCN. The van der Waals surface area contributed by atoms with Gasteiger partial charge in [-0.15, -0.1) is 0 Å². The average molecular weight is 427 g/mol. The van der Waals surface area contributed by atoms with Crippen molar-refractivity contribution >= 4 is 5.78 Å². The Morgan fingerprint density at radius 3 is 1.93 bits per heavy atom. The van der Waals surface area contributed by atoms with Gasteiger partial charge in [0, 0.05) is 12.5 Å². The van der Waals surface area contributed by atoms with E-state index in [9.17, 15) is 4.79 Å². The Hall–Kier alpha value is -0.490. The zero-order valence-electron chi connectivity index (χ0n) is 20.4. The number of Topliss-reactive ketones (excluding diaryl/α,β-unsaturated/α-hetero) is 1. The Morgan fingerprint density at radius 2 is 1.30 bits per heavy atom. The molecule has 0 aliphatic carbocycles. The topological polar surface area (TPSA) is 93.2 Å². The van der Waals surface area contributed by atoms with Gasteiger partial charge in [0.1, 0.15) is 5.78 Å². The summed E-state index contributed by atoms with van der Waals surface area (Å²) in [5, 5.41) is 7.09. The van der Waals surface area contributed by atoms with Gasteiger partial charge in [0.25, 0.3) is 0 Å². The lowest BCUT2D eigenvalue weighted by atomic mass is 10.0. The van der Waals surface area contributed by atoms with Crippen molar-refractivity contribution in [3.63, 3.8) is 0 Å². The Kier molecular flexibility index (Phi) is 22.8. The average Bonchev–Trinajstić information content (AvgIpc) is 2.74. The second-order valence-corrected chi connectivity index (χ2v) is 8.91. The van der Waals surface area contributed by atoms with Crippen LogP contribution in [0.2, 0.25) is 0 Å². The highest BCUT2D eigenvalue weighted by atomic mass is 16.1. The number of nitrogens with two attached hydrogens (primary N) is 2. The second kappa shape index (κ2) is 23.2. The van der Waals surface area contributed by atoms with Crippen LogP contribution in [0.1, 0.15) is 117 Å². The number of nitrogens with one attached hydrogen (secondary N) is 2. The molecule has 6 N–H and O–H groups in total. The number of carbonyl (C=O) groups excluding carboxylic acids is 1. The summed E-state index contributed by atoms with van der Waals surface area (Å²) < 4.78 is 0. The Bertz CT molecular complexity index is 359. The van der Waals surface area contributed by atoms with Gasteiger partial charge in [-0.1, -0.05) is 65.2 Å². The smallest absolute Gasteiger partial charge is 0.149 e. The van der Waals surface area contributed by atoms with Crippen LogP contribution in [0.15, 0.2) is 0 Å². The van der Waals surface area contributed by atoms with E-state index in [2.05, 4.69) is 24.5 Å². The van der Waals surface area contributed by atoms with Gasteiger partial charge < -0.3 is 22.1 Å². The molecule has 0 heterocycles. The van der Waals surface area contributed by atoms with E-state index in [0.717, 1.165) is 64.7 Å².